The second-order valence-electron chi connectivity index (χ2n) is 7.00. The van der Waals surface area contributed by atoms with Crippen molar-refractivity contribution in [3.63, 3.8) is 0 Å². The van der Waals surface area contributed by atoms with Gasteiger partial charge in [0.25, 0.3) is 0 Å². The van der Waals surface area contributed by atoms with E-state index in [4.69, 9.17) is 21.1 Å². The van der Waals surface area contributed by atoms with Gasteiger partial charge >= 0.3 is 5.97 Å². The number of hydrogen-bond acceptors (Lipinski definition) is 7. The predicted octanol–water partition coefficient (Wildman–Crippen LogP) is 3.47. The molecule has 0 heterocycles. The number of thioether (sulfide) groups is 2. The van der Waals surface area contributed by atoms with Crippen LogP contribution < -0.4 is 5.32 Å². The van der Waals surface area contributed by atoms with E-state index in [9.17, 15) is 14.4 Å². The van der Waals surface area contributed by atoms with Crippen LogP contribution in [0.25, 0.3) is 0 Å². The highest BCUT2D eigenvalue weighted by molar-refractivity contribution is 8.13. The minimum absolute atomic E-state index is 0.0444. The highest BCUT2D eigenvalue weighted by Gasteiger charge is 2.27. The van der Waals surface area contributed by atoms with Crippen molar-refractivity contribution in [1.82, 2.24) is 5.32 Å². The first-order valence-corrected chi connectivity index (χ1v) is 13.1. The lowest BCUT2D eigenvalue weighted by atomic mass is 9.99. The quantitative estimate of drug-likeness (QED) is 0.229. The summed E-state index contributed by atoms with van der Waals surface area (Å²) in [5.41, 5.74) is 2.15. The van der Waals surface area contributed by atoms with Crippen molar-refractivity contribution >= 4 is 52.1 Å². The summed E-state index contributed by atoms with van der Waals surface area (Å²) in [6.07, 6.45) is 2.89. The van der Waals surface area contributed by atoms with Gasteiger partial charge in [-0.05, 0) is 37.3 Å². The smallest absolute Gasteiger partial charge is 0.328 e. The predicted molar refractivity (Wildman–Crippen MR) is 129 cm³/mol. The third-order valence-electron chi connectivity index (χ3n) is 4.37. The van der Waals surface area contributed by atoms with Crippen LogP contribution in [0.4, 0.5) is 0 Å². The molecule has 1 aromatic carbocycles. The number of rotatable bonds is 15. The van der Waals surface area contributed by atoms with Crippen LogP contribution in [0.5, 0.6) is 0 Å². The highest BCUT2D eigenvalue weighted by Crippen LogP contribution is 2.17. The molecule has 0 aliphatic carbocycles. The zero-order chi connectivity index (χ0) is 23.1. The number of aryl methyl sites for hydroxylation is 1. The molecule has 0 saturated carbocycles. The largest absolute Gasteiger partial charge is 0.462 e. The summed E-state index contributed by atoms with van der Waals surface area (Å²) in [5.74, 6) is 0.259. The van der Waals surface area contributed by atoms with Crippen LogP contribution in [0, 0.1) is 12.8 Å². The van der Waals surface area contributed by atoms with Crippen molar-refractivity contribution in [2.75, 3.05) is 43.5 Å². The molecule has 6 nitrogen and oxygen atoms in total. The third-order valence-corrected chi connectivity index (χ3v) is 6.14. The lowest BCUT2D eigenvalue weighted by Crippen LogP contribution is -2.46. The molecule has 0 fully saturated rings. The topological polar surface area (TPSA) is 81.7 Å². The summed E-state index contributed by atoms with van der Waals surface area (Å²) in [6, 6.07) is 7.21. The number of esters is 1. The van der Waals surface area contributed by atoms with Crippen LogP contribution in [-0.2, 0) is 30.3 Å². The van der Waals surface area contributed by atoms with Crippen LogP contribution >= 0.6 is 35.1 Å². The van der Waals surface area contributed by atoms with Gasteiger partial charge in [0.2, 0.25) is 5.91 Å². The molecule has 0 bridgehead atoms. The zero-order valence-corrected chi connectivity index (χ0v) is 20.7. The normalized spacial score (nSPS) is 12.8. The molecule has 2 atom stereocenters. The molecular weight excluding hydrogens is 458 g/mol. The highest BCUT2D eigenvalue weighted by atomic mass is 35.5. The first-order valence-electron chi connectivity index (χ1n) is 10.2. The molecule has 174 valence electrons. The first-order chi connectivity index (χ1) is 14.9. The number of nitrogens with one attached hydrogen (secondary N) is 1. The van der Waals surface area contributed by atoms with Crippen LogP contribution in [0.1, 0.15) is 24.5 Å². The summed E-state index contributed by atoms with van der Waals surface area (Å²) in [7, 11) is 0. The molecule has 0 spiro atoms. The summed E-state index contributed by atoms with van der Waals surface area (Å²) in [4.78, 5) is 37.0. The minimum atomic E-state index is -0.740. The molecule has 0 saturated heterocycles. The zero-order valence-electron chi connectivity index (χ0n) is 18.4. The molecule has 1 N–H and O–H groups in total. The van der Waals surface area contributed by atoms with Crippen molar-refractivity contribution in [3.8, 4) is 0 Å². The Balaban J connectivity index is 2.77. The van der Waals surface area contributed by atoms with Gasteiger partial charge in [-0.1, -0.05) is 41.6 Å². The monoisotopic (exact) mass is 489 g/mol. The van der Waals surface area contributed by atoms with E-state index in [0.717, 1.165) is 22.9 Å². The average Bonchev–Trinajstić information content (AvgIpc) is 2.74. The molecular formula is C22H32ClNO5S2. The van der Waals surface area contributed by atoms with Crippen molar-refractivity contribution < 1.29 is 23.9 Å². The summed E-state index contributed by atoms with van der Waals surface area (Å²) in [5, 5.41) is 2.80. The molecule has 1 rings (SSSR count). The Morgan fingerprint density at radius 3 is 2.45 bits per heavy atom. The van der Waals surface area contributed by atoms with E-state index in [-0.39, 0.29) is 24.2 Å². The van der Waals surface area contributed by atoms with Crippen LogP contribution in [-0.4, -0.2) is 66.5 Å². The van der Waals surface area contributed by atoms with Gasteiger partial charge in [0, 0.05) is 18.6 Å². The number of amides is 1. The van der Waals surface area contributed by atoms with E-state index >= 15 is 0 Å². The average molecular weight is 490 g/mol. The van der Waals surface area contributed by atoms with E-state index in [1.807, 2.05) is 37.4 Å². The summed E-state index contributed by atoms with van der Waals surface area (Å²) in [6.45, 7) is 4.24. The second-order valence-corrected chi connectivity index (χ2v) is 9.56. The van der Waals surface area contributed by atoms with E-state index < -0.39 is 17.9 Å². The lowest BCUT2D eigenvalue weighted by Gasteiger charge is -2.22. The SMILES string of the molecule is CSCC[C@H](NC(=O)[C@@H](CSC(C)=O)Cc1ccc(C)cc1)C(=O)OCCOCCCl. The number of halogens is 1. The molecule has 1 aromatic rings. The molecule has 0 radical (unpaired) electrons. The number of carbonyl (C=O) groups excluding carboxylic acids is 3. The molecule has 0 aliphatic heterocycles. The number of hydrogen-bond donors (Lipinski definition) is 1. The van der Waals surface area contributed by atoms with Crippen LogP contribution in [0.3, 0.4) is 0 Å². The van der Waals surface area contributed by atoms with Crippen LogP contribution in [0.15, 0.2) is 24.3 Å². The third kappa shape index (κ3) is 12.4. The lowest BCUT2D eigenvalue weighted by molar-refractivity contribution is -0.149. The Bertz CT molecular complexity index is 687. The Kier molecular flexibility index (Phi) is 14.7. The minimum Gasteiger partial charge on any atom is -0.462 e. The standard InChI is InChI=1S/C22H32ClNO5S2/c1-16-4-6-18(7-5-16)14-19(15-31-17(2)25)21(26)24-20(8-13-30-3)22(27)29-12-11-28-10-9-23/h4-7,19-20H,8-15H2,1-3H3,(H,24,26)/t19-,20+/m1/s1. The van der Waals surface area contributed by atoms with Gasteiger partial charge in [-0.25, -0.2) is 4.79 Å². The van der Waals surface area contributed by atoms with Gasteiger partial charge in [-0.3, -0.25) is 9.59 Å². The maximum Gasteiger partial charge on any atom is 0.328 e. The van der Waals surface area contributed by atoms with Gasteiger partial charge in [0.15, 0.2) is 5.12 Å². The summed E-state index contributed by atoms with van der Waals surface area (Å²) < 4.78 is 10.5. The number of carbonyl (C=O) groups is 3. The van der Waals surface area contributed by atoms with E-state index in [1.54, 1.807) is 11.8 Å². The molecule has 9 heteroatoms. The van der Waals surface area contributed by atoms with Gasteiger partial charge < -0.3 is 14.8 Å². The van der Waals surface area contributed by atoms with Crippen molar-refractivity contribution in [2.24, 2.45) is 5.92 Å². The molecule has 0 aliphatic rings. The molecule has 31 heavy (non-hydrogen) atoms. The number of ether oxygens (including phenoxy) is 2. The van der Waals surface area contributed by atoms with E-state index in [1.165, 1.54) is 6.92 Å². The van der Waals surface area contributed by atoms with Crippen molar-refractivity contribution in [2.45, 2.75) is 32.7 Å². The van der Waals surface area contributed by atoms with Crippen molar-refractivity contribution in [3.05, 3.63) is 35.4 Å². The van der Waals surface area contributed by atoms with E-state index in [0.29, 0.717) is 36.8 Å². The fourth-order valence-corrected chi connectivity index (χ4v) is 3.97. The maximum atomic E-state index is 13.0. The Labute approximate surface area is 198 Å². The Morgan fingerprint density at radius 2 is 1.84 bits per heavy atom. The Hall–Kier alpha value is -1.22. The fraction of sp³-hybridized carbons (Fsp3) is 0.591. The number of benzene rings is 1. The molecule has 0 unspecified atom stereocenters. The van der Waals surface area contributed by atoms with Crippen LogP contribution in [0.2, 0.25) is 0 Å². The van der Waals surface area contributed by atoms with E-state index in [2.05, 4.69) is 5.32 Å². The van der Waals surface area contributed by atoms with Gasteiger partial charge in [-0.15, -0.1) is 11.6 Å². The van der Waals surface area contributed by atoms with Gasteiger partial charge in [-0.2, -0.15) is 11.8 Å². The second kappa shape index (κ2) is 16.4. The van der Waals surface area contributed by atoms with Crippen molar-refractivity contribution in [1.29, 1.82) is 0 Å². The molecule has 0 aromatic heterocycles. The molecule has 1 amide bonds. The van der Waals surface area contributed by atoms with Gasteiger partial charge in [0.1, 0.15) is 12.6 Å². The Morgan fingerprint density at radius 1 is 1.13 bits per heavy atom. The number of alkyl halides is 1. The fourth-order valence-electron chi connectivity index (χ4n) is 2.69. The maximum absolute atomic E-state index is 13.0. The van der Waals surface area contributed by atoms with Gasteiger partial charge in [0.05, 0.1) is 19.1 Å². The first kappa shape index (κ1) is 27.8. The summed E-state index contributed by atoms with van der Waals surface area (Å²) >= 11 is 8.25.